The summed E-state index contributed by atoms with van der Waals surface area (Å²) in [5.74, 6) is -1.39. The van der Waals surface area contributed by atoms with E-state index in [0.29, 0.717) is 0 Å². The molecule has 0 aliphatic heterocycles. The lowest BCUT2D eigenvalue weighted by atomic mass is 9.49. The van der Waals surface area contributed by atoms with Gasteiger partial charge in [0.05, 0.1) is 0 Å². The summed E-state index contributed by atoms with van der Waals surface area (Å²) in [7, 11) is 0. The molecule has 0 bridgehead atoms. The van der Waals surface area contributed by atoms with E-state index >= 15 is 0 Å². The number of halogens is 6. The molecule has 0 aromatic carbocycles. The van der Waals surface area contributed by atoms with Crippen LogP contribution in [0.25, 0.3) is 0 Å². The van der Waals surface area contributed by atoms with E-state index in [0.717, 1.165) is 0 Å². The highest BCUT2D eigenvalue weighted by atomic mass is 19.4. The van der Waals surface area contributed by atoms with Crippen LogP contribution in [0.4, 0.5) is 26.3 Å². The van der Waals surface area contributed by atoms with Gasteiger partial charge in [-0.25, -0.2) is 0 Å². The SMILES string of the molecule is [2H]C1(C)C(C)(C)CC(C(F)(F)F)(C(F)(F)F)CC1(C)C. The number of hydrogen-bond acceptors (Lipinski definition) is 0. The lowest BCUT2D eigenvalue weighted by Crippen LogP contribution is -2.60. The van der Waals surface area contributed by atoms with Crippen LogP contribution in [0.15, 0.2) is 0 Å². The Balaban J connectivity index is 3.55. The van der Waals surface area contributed by atoms with Gasteiger partial charge in [0.25, 0.3) is 0 Å². The van der Waals surface area contributed by atoms with Gasteiger partial charge in [-0.05, 0) is 29.6 Å². The lowest BCUT2D eigenvalue weighted by Gasteiger charge is -2.56. The topological polar surface area (TPSA) is 0 Å². The maximum atomic E-state index is 13.2. The lowest BCUT2D eigenvalue weighted by molar-refractivity contribution is -0.371. The van der Waals surface area contributed by atoms with Gasteiger partial charge in [0.15, 0.2) is 5.41 Å². The van der Waals surface area contributed by atoms with Crippen molar-refractivity contribution in [2.24, 2.45) is 22.1 Å². The zero-order valence-corrected chi connectivity index (χ0v) is 11.7. The first-order chi connectivity index (χ1) is 8.41. The number of hydrogen-bond donors (Lipinski definition) is 0. The molecule has 1 aliphatic carbocycles. The Bertz CT molecular complexity index is 353. The van der Waals surface area contributed by atoms with E-state index in [-0.39, 0.29) is 0 Å². The van der Waals surface area contributed by atoms with Crippen LogP contribution in [0.5, 0.6) is 0 Å². The molecule has 1 aliphatic rings. The number of rotatable bonds is 0. The minimum absolute atomic E-state index is 1.11. The molecule has 1 saturated carbocycles. The average Bonchev–Trinajstić information content (AvgIpc) is 2.09. The average molecular weight is 291 g/mol. The Labute approximate surface area is 111 Å². The summed E-state index contributed by atoms with van der Waals surface area (Å²) in [5.41, 5.74) is -6.58. The molecule has 6 heteroatoms. The Morgan fingerprint density at radius 2 is 1.11 bits per heavy atom. The molecule has 0 unspecified atom stereocenters. The maximum absolute atomic E-state index is 13.2. The first kappa shape index (κ1) is 15.0. The molecule has 0 radical (unpaired) electrons. The van der Waals surface area contributed by atoms with Gasteiger partial charge >= 0.3 is 12.4 Å². The molecule has 1 fully saturated rings. The third-order valence-corrected chi connectivity index (χ3v) is 4.60. The van der Waals surface area contributed by atoms with Crippen LogP contribution in [0.2, 0.25) is 0 Å². The summed E-state index contributed by atoms with van der Waals surface area (Å²) in [6, 6.07) is 0. The van der Waals surface area contributed by atoms with Crippen molar-refractivity contribution in [1.82, 2.24) is 0 Å². The standard InChI is InChI=1S/C13H20F6/c1-8-9(2,3)6-11(12(14,15)16,13(17,18)19)7-10(8,4)5/h8H,6-7H2,1-5H3/i8D. The van der Waals surface area contributed by atoms with E-state index in [2.05, 4.69) is 0 Å². The molecular weight excluding hydrogens is 270 g/mol. The minimum Gasteiger partial charge on any atom is -0.170 e. The third kappa shape index (κ3) is 2.47. The number of alkyl halides is 6. The van der Waals surface area contributed by atoms with Crippen molar-refractivity contribution in [3.63, 3.8) is 0 Å². The predicted molar refractivity (Wildman–Crippen MR) is 60.5 cm³/mol. The Morgan fingerprint density at radius 3 is 1.32 bits per heavy atom. The summed E-state index contributed by atoms with van der Waals surface area (Å²) >= 11 is 0. The van der Waals surface area contributed by atoms with Crippen molar-refractivity contribution in [3.8, 4) is 0 Å². The van der Waals surface area contributed by atoms with Crippen LogP contribution in [0.3, 0.4) is 0 Å². The normalized spacial score (nSPS) is 29.7. The molecule has 0 aromatic rings. The van der Waals surface area contributed by atoms with E-state index in [1.54, 1.807) is 0 Å². The van der Waals surface area contributed by atoms with Gasteiger partial charge in [0.2, 0.25) is 0 Å². The van der Waals surface area contributed by atoms with Gasteiger partial charge in [0.1, 0.15) is 0 Å². The smallest absolute Gasteiger partial charge is 0.170 e. The van der Waals surface area contributed by atoms with Crippen molar-refractivity contribution >= 4 is 0 Å². The molecule has 0 atom stereocenters. The molecule has 0 nitrogen and oxygen atoms in total. The second-order valence-corrected chi connectivity index (χ2v) is 6.82. The summed E-state index contributed by atoms with van der Waals surface area (Å²) in [5, 5.41) is 0. The first-order valence-electron chi connectivity index (χ1n) is 6.55. The Morgan fingerprint density at radius 1 is 0.842 bits per heavy atom. The van der Waals surface area contributed by atoms with Crippen molar-refractivity contribution in [2.75, 3.05) is 0 Å². The molecule has 0 N–H and O–H groups in total. The maximum Gasteiger partial charge on any atom is 0.403 e. The van der Waals surface area contributed by atoms with Crippen molar-refractivity contribution < 1.29 is 27.7 Å². The van der Waals surface area contributed by atoms with E-state index in [9.17, 15) is 26.3 Å². The monoisotopic (exact) mass is 291 g/mol. The molecular formula is C13H20F6. The van der Waals surface area contributed by atoms with Gasteiger partial charge in [-0.3, -0.25) is 0 Å². The second kappa shape index (κ2) is 4.04. The van der Waals surface area contributed by atoms with Crippen LogP contribution in [-0.2, 0) is 0 Å². The van der Waals surface area contributed by atoms with Gasteiger partial charge < -0.3 is 0 Å². The van der Waals surface area contributed by atoms with E-state index in [1.165, 1.54) is 34.6 Å². The zero-order valence-electron chi connectivity index (χ0n) is 12.7. The van der Waals surface area contributed by atoms with Crippen LogP contribution in [0, 0.1) is 22.1 Å². The fourth-order valence-corrected chi connectivity index (χ4v) is 3.31. The van der Waals surface area contributed by atoms with Crippen LogP contribution < -0.4 is 0 Å². The van der Waals surface area contributed by atoms with Crippen molar-refractivity contribution in [2.45, 2.75) is 59.8 Å². The largest absolute Gasteiger partial charge is 0.403 e. The van der Waals surface area contributed by atoms with Gasteiger partial charge in [-0.2, -0.15) is 26.3 Å². The summed E-state index contributed by atoms with van der Waals surface area (Å²) in [6.45, 7) is 6.67. The molecule has 1 rings (SSSR count). The molecule has 0 spiro atoms. The van der Waals surface area contributed by atoms with Crippen LogP contribution in [-0.4, -0.2) is 12.4 Å². The highest BCUT2D eigenvalue weighted by Crippen LogP contribution is 2.67. The fourth-order valence-electron chi connectivity index (χ4n) is 3.31. The molecule has 0 saturated heterocycles. The fraction of sp³-hybridized carbons (Fsp3) is 1.00. The van der Waals surface area contributed by atoms with Crippen LogP contribution in [0.1, 0.15) is 48.8 Å². The van der Waals surface area contributed by atoms with Gasteiger partial charge in [-0.1, -0.05) is 34.6 Å². The molecule has 19 heavy (non-hydrogen) atoms. The highest BCUT2D eigenvalue weighted by molar-refractivity contribution is 5.07. The van der Waals surface area contributed by atoms with E-state index in [1.807, 2.05) is 0 Å². The van der Waals surface area contributed by atoms with Gasteiger partial charge in [-0.15, -0.1) is 0 Å². The van der Waals surface area contributed by atoms with Crippen molar-refractivity contribution in [3.05, 3.63) is 0 Å². The molecule has 0 heterocycles. The minimum atomic E-state index is -5.38. The Kier molecular flexibility index (Phi) is 3.19. The third-order valence-electron chi connectivity index (χ3n) is 4.60. The highest BCUT2D eigenvalue weighted by Gasteiger charge is 2.74. The van der Waals surface area contributed by atoms with Crippen LogP contribution >= 0.6 is 0 Å². The molecule has 0 amide bonds. The summed E-state index contributed by atoms with van der Waals surface area (Å²) in [6.07, 6.45) is -13.0. The Hall–Kier alpha value is -0.420. The van der Waals surface area contributed by atoms with E-state index < -0.39 is 47.3 Å². The predicted octanol–water partition coefficient (Wildman–Crippen LogP) is 5.58. The summed E-state index contributed by atoms with van der Waals surface area (Å²) in [4.78, 5) is 0. The van der Waals surface area contributed by atoms with Crippen molar-refractivity contribution in [1.29, 1.82) is 0 Å². The first-order valence-corrected chi connectivity index (χ1v) is 6.05. The molecule has 0 aromatic heterocycles. The van der Waals surface area contributed by atoms with Gasteiger partial charge in [0, 0.05) is 1.37 Å². The summed E-state index contributed by atoms with van der Waals surface area (Å²) < 4.78 is 87.8. The molecule has 114 valence electrons. The quantitative estimate of drug-likeness (QED) is 0.511. The van der Waals surface area contributed by atoms with E-state index in [4.69, 9.17) is 1.37 Å². The zero-order chi connectivity index (χ0) is 16.4. The second-order valence-electron chi connectivity index (χ2n) is 6.82.